The summed E-state index contributed by atoms with van der Waals surface area (Å²) in [5.41, 5.74) is 3.99. The maximum atomic E-state index is 6.11. The maximum Gasteiger partial charge on any atom is 0.113 e. The van der Waals surface area contributed by atoms with E-state index in [-0.39, 0.29) is 0 Å². The van der Waals surface area contributed by atoms with Crippen LogP contribution in [0.5, 0.6) is 0 Å². The van der Waals surface area contributed by atoms with Crippen molar-refractivity contribution < 1.29 is 0 Å². The lowest BCUT2D eigenvalue weighted by molar-refractivity contribution is 0.480. The smallest absolute Gasteiger partial charge is 0.113 e. The van der Waals surface area contributed by atoms with Crippen LogP contribution in [0.1, 0.15) is 6.42 Å². The zero-order chi connectivity index (χ0) is 18.6. The van der Waals surface area contributed by atoms with Gasteiger partial charge in [0, 0.05) is 24.5 Å². The quantitative estimate of drug-likeness (QED) is 0.448. The van der Waals surface area contributed by atoms with Gasteiger partial charge in [-0.05, 0) is 29.7 Å². The second-order valence-electron chi connectivity index (χ2n) is 6.19. The van der Waals surface area contributed by atoms with Crippen molar-refractivity contribution in [3.8, 4) is 22.4 Å². The Morgan fingerprint density at radius 3 is 2.37 bits per heavy atom. The van der Waals surface area contributed by atoms with Crippen LogP contribution >= 0.6 is 23.2 Å². The molecule has 2 heterocycles. The number of nitrogens with zero attached hydrogens (tertiary/aromatic N) is 5. The summed E-state index contributed by atoms with van der Waals surface area (Å²) in [5, 5.41) is 10.0. The molecule has 0 radical (unpaired) electrons. The minimum Gasteiger partial charge on any atom is -0.337 e. The lowest BCUT2D eigenvalue weighted by Gasteiger charge is -2.05. The van der Waals surface area contributed by atoms with E-state index in [2.05, 4.69) is 15.2 Å². The number of imidazole rings is 1. The van der Waals surface area contributed by atoms with Crippen LogP contribution in [0, 0.1) is 0 Å². The van der Waals surface area contributed by atoms with Gasteiger partial charge in [0.1, 0.15) is 5.69 Å². The third-order valence-electron chi connectivity index (χ3n) is 4.30. The summed E-state index contributed by atoms with van der Waals surface area (Å²) in [6.45, 7) is 1.66. The first kappa shape index (κ1) is 17.8. The first-order valence-corrected chi connectivity index (χ1v) is 9.36. The predicted molar refractivity (Wildman–Crippen MR) is 108 cm³/mol. The molecule has 0 unspecified atom stereocenters. The van der Waals surface area contributed by atoms with Gasteiger partial charge in [-0.1, -0.05) is 53.5 Å². The van der Waals surface area contributed by atoms with E-state index in [1.807, 2.05) is 59.6 Å². The van der Waals surface area contributed by atoms with Crippen LogP contribution in [-0.2, 0) is 13.1 Å². The van der Waals surface area contributed by atoms with Gasteiger partial charge in [0.15, 0.2) is 0 Å². The zero-order valence-electron chi connectivity index (χ0n) is 14.5. The fraction of sp³-hybridized carbons (Fsp3) is 0.150. The lowest BCUT2D eigenvalue weighted by Crippen LogP contribution is -2.05. The molecule has 4 rings (SSSR count). The Bertz CT molecular complexity index is 1020. The van der Waals surface area contributed by atoms with Gasteiger partial charge in [-0.15, -0.1) is 0 Å². The molecule has 2 aromatic carbocycles. The molecule has 0 saturated heterocycles. The normalized spacial score (nSPS) is 11.0. The van der Waals surface area contributed by atoms with Crippen LogP contribution in [0.15, 0.2) is 67.4 Å². The van der Waals surface area contributed by atoms with Gasteiger partial charge in [-0.25, -0.2) is 4.98 Å². The van der Waals surface area contributed by atoms with Crippen molar-refractivity contribution in [1.82, 2.24) is 24.5 Å². The highest BCUT2D eigenvalue weighted by Gasteiger charge is 2.06. The molecule has 0 spiro atoms. The molecule has 0 N–H and O–H groups in total. The number of rotatable bonds is 6. The second-order valence-corrected chi connectivity index (χ2v) is 7.00. The van der Waals surface area contributed by atoms with Crippen LogP contribution in [0.4, 0.5) is 0 Å². The van der Waals surface area contributed by atoms with Crippen molar-refractivity contribution in [2.24, 2.45) is 0 Å². The van der Waals surface area contributed by atoms with Gasteiger partial charge in [-0.2, -0.15) is 15.0 Å². The number of halogens is 2. The fourth-order valence-corrected chi connectivity index (χ4v) is 3.16. The first-order chi connectivity index (χ1) is 13.2. The van der Waals surface area contributed by atoms with E-state index < -0.39 is 0 Å². The third kappa shape index (κ3) is 4.21. The number of hydrogen-bond donors (Lipinski definition) is 0. The molecule has 5 nitrogen and oxygen atoms in total. The Morgan fingerprint density at radius 2 is 1.63 bits per heavy atom. The number of benzene rings is 2. The van der Waals surface area contributed by atoms with E-state index in [9.17, 15) is 0 Å². The Hall–Kier alpha value is -2.63. The van der Waals surface area contributed by atoms with E-state index in [1.165, 1.54) is 0 Å². The second kappa shape index (κ2) is 7.94. The summed E-state index contributed by atoms with van der Waals surface area (Å²) < 4.78 is 2.05. The standard InChI is InChI=1S/C20H17Cl2N5/c21-18-7-6-17(12-19(18)22)15-2-4-16(5-3-15)20-13-24-27(25-20)10-1-9-26-11-8-23-14-26/h2-8,11-14H,1,9-10H2. The molecule has 7 heteroatoms. The third-order valence-corrected chi connectivity index (χ3v) is 5.04. The van der Waals surface area contributed by atoms with Crippen molar-refractivity contribution in [3.05, 3.63) is 77.4 Å². The monoisotopic (exact) mass is 397 g/mol. The maximum absolute atomic E-state index is 6.11. The molecule has 0 aliphatic heterocycles. The molecule has 0 aliphatic rings. The lowest BCUT2D eigenvalue weighted by atomic mass is 10.0. The summed E-state index contributed by atoms with van der Waals surface area (Å²) in [6.07, 6.45) is 8.30. The molecule has 0 bridgehead atoms. The van der Waals surface area contributed by atoms with Crippen molar-refractivity contribution in [2.75, 3.05) is 0 Å². The van der Waals surface area contributed by atoms with E-state index in [4.69, 9.17) is 23.2 Å². The van der Waals surface area contributed by atoms with Crippen LogP contribution in [0.2, 0.25) is 10.0 Å². The van der Waals surface area contributed by atoms with Gasteiger partial charge in [-0.3, -0.25) is 0 Å². The van der Waals surface area contributed by atoms with Crippen molar-refractivity contribution >= 4 is 23.2 Å². The molecule has 136 valence electrons. The Morgan fingerprint density at radius 1 is 0.852 bits per heavy atom. The molecular formula is C20H17Cl2N5. The van der Waals surface area contributed by atoms with E-state index in [0.717, 1.165) is 41.9 Å². The Labute approximate surface area is 167 Å². The largest absolute Gasteiger partial charge is 0.337 e. The van der Waals surface area contributed by atoms with Gasteiger partial charge >= 0.3 is 0 Å². The molecule has 0 fully saturated rings. The minimum absolute atomic E-state index is 0.553. The average Bonchev–Trinajstić information content (AvgIpc) is 3.36. The fourth-order valence-electron chi connectivity index (χ4n) is 2.86. The highest BCUT2D eigenvalue weighted by molar-refractivity contribution is 6.42. The molecule has 0 saturated carbocycles. The molecule has 0 amide bonds. The molecular weight excluding hydrogens is 381 g/mol. The van der Waals surface area contributed by atoms with Crippen LogP contribution in [0.3, 0.4) is 0 Å². The Balaban J connectivity index is 1.43. The van der Waals surface area contributed by atoms with Crippen LogP contribution in [0.25, 0.3) is 22.4 Å². The van der Waals surface area contributed by atoms with Crippen molar-refractivity contribution in [3.63, 3.8) is 0 Å². The van der Waals surface area contributed by atoms with Crippen molar-refractivity contribution in [2.45, 2.75) is 19.5 Å². The summed E-state index contributed by atoms with van der Waals surface area (Å²) in [4.78, 5) is 5.78. The molecule has 27 heavy (non-hydrogen) atoms. The number of hydrogen-bond acceptors (Lipinski definition) is 3. The average molecular weight is 398 g/mol. The van der Waals surface area contributed by atoms with E-state index in [1.54, 1.807) is 17.2 Å². The SMILES string of the molecule is Clc1ccc(-c2ccc(-c3cnn(CCCn4ccnc4)n3)cc2)cc1Cl. The highest BCUT2D eigenvalue weighted by Crippen LogP contribution is 2.29. The first-order valence-electron chi connectivity index (χ1n) is 8.61. The Kier molecular flexibility index (Phi) is 5.23. The van der Waals surface area contributed by atoms with Crippen LogP contribution in [-0.4, -0.2) is 24.5 Å². The van der Waals surface area contributed by atoms with Gasteiger partial charge in [0.05, 0.1) is 29.1 Å². The predicted octanol–water partition coefficient (Wildman–Crippen LogP) is 5.21. The van der Waals surface area contributed by atoms with Crippen LogP contribution < -0.4 is 0 Å². The topological polar surface area (TPSA) is 48.5 Å². The van der Waals surface area contributed by atoms with E-state index >= 15 is 0 Å². The van der Waals surface area contributed by atoms with Gasteiger partial charge in [0.25, 0.3) is 0 Å². The summed E-state index contributed by atoms with van der Waals surface area (Å²) >= 11 is 12.1. The summed E-state index contributed by atoms with van der Waals surface area (Å²) in [6, 6.07) is 13.8. The minimum atomic E-state index is 0.553. The molecule has 0 aliphatic carbocycles. The highest BCUT2D eigenvalue weighted by atomic mass is 35.5. The van der Waals surface area contributed by atoms with Crippen molar-refractivity contribution in [1.29, 1.82) is 0 Å². The summed E-state index contributed by atoms with van der Waals surface area (Å²) in [7, 11) is 0. The number of aryl methyl sites for hydroxylation is 2. The van der Waals surface area contributed by atoms with E-state index in [0.29, 0.717) is 10.0 Å². The van der Waals surface area contributed by atoms with Gasteiger partial charge in [0.2, 0.25) is 0 Å². The molecule has 4 aromatic rings. The summed E-state index contributed by atoms with van der Waals surface area (Å²) in [5.74, 6) is 0. The zero-order valence-corrected chi connectivity index (χ0v) is 16.0. The molecule has 0 atom stereocenters. The number of aromatic nitrogens is 5. The van der Waals surface area contributed by atoms with Gasteiger partial charge < -0.3 is 4.57 Å². The molecule has 2 aromatic heterocycles.